The number of nitrogens with zero attached hydrogens (tertiary/aromatic N) is 6. The summed E-state index contributed by atoms with van der Waals surface area (Å²) >= 11 is 0. The molecule has 3 heterocycles. The molecule has 36 heavy (non-hydrogen) atoms. The highest BCUT2D eigenvalue weighted by Gasteiger charge is 2.33. The predicted octanol–water partition coefficient (Wildman–Crippen LogP) is 2.11. The van der Waals surface area contributed by atoms with Gasteiger partial charge in [0.2, 0.25) is 5.91 Å². The molecule has 1 amide bonds. The van der Waals surface area contributed by atoms with Gasteiger partial charge in [0.25, 0.3) is 0 Å². The van der Waals surface area contributed by atoms with Crippen LogP contribution in [0.1, 0.15) is 31.1 Å². The van der Waals surface area contributed by atoms with Crippen LogP contribution in [0.4, 0.5) is 5.82 Å². The summed E-state index contributed by atoms with van der Waals surface area (Å²) < 4.78 is 12.4. The predicted molar refractivity (Wildman–Crippen MR) is 138 cm³/mol. The number of aromatic nitrogens is 4. The SMILES string of the molecule is COc1cc(C#Cc2nn(C3CN(C(=O)C=CCN(C)C(C)C)C3)c3ncnc(N)c23)cc(OC)c1. The molecule has 1 aliphatic heterocycles. The maximum Gasteiger partial charge on any atom is 0.246 e. The van der Waals surface area contributed by atoms with Gasteiger partial charge in [-0.1, -0.05) is 12.0 Å². The third kappa shape index (κ3) is 5.26. The first-order valence-corrected chi connectivity index (χ1v) is 11.7. The Morgan fingerprint density at radius 1 is 1.19 bits per heavy atom. The molecule has 0 saturated carbocycles. The molecule has 0 atom stereocenters. The van der Waals surface area contributed by atoms with Crippen molar-refractivity contribution in [1.29, 1.82) is 0 Å². The molecule has 4 rings (SSSR count). The minimum absolute atomic E-state index is 0.0130. The maximum atomic E-state index is 12.5. The molecule has 2 aromatic heterocycles. The van der Waals surface area contributed by atoms with Crippen molar-refractivity contribution in [3.05, 3.63) is 47.9 Å². The molecule has 188 valence electrons. The van der Waals surface area contributed by atoms with E-state index in [2.05, 4.69) is 40.6 Å². The number of carbonyl (C=O) groups excluding carboxylic acids is 1. The second-order valence-corrected chi connectivity index (χ2v) is 8.93. The van der Waals surface area contributed by atoms with Crippen LogP contribution in [0.2, 0.25) is 0 Å². The number of hydrogen-bond acceptors (Lipinski definition) is 8. The summed E-state index contributed by atoms with van der Waals surface area (Å²) in [6.07, 6.45) is 4.94. The Morgan fingerprint density at radius 2 is 1.89 bits per heavy atom. The van der Waals surface area contributed by atoms with Gasteiger partial charge < -0.3 is 25.0 Å². The van der Waals surface area contributed by atoms with E-state index >= 15 is 0 Å². The van der Waals surface area contributed by atoms with Crippen molar-refractivity contribution in [1.82, 2.24) is 29.5 Å². The van der Waals surface area contributed by atoms with Gasteiger partial charge in [-0.3, -0.25) is 4.79 Å². The number of fused-ring (bicyclic) bond motifs is 1. The molecular weight excluding hydrogens is 458 g/mol. The largest absolute Gasteiger partial charge is 0.497 e. The number of carbonyl (C=O) groups is 1. The van der Waals surface area contributed by atoms with Gasteiger partial charge in [-0.05, 0) is 38.9 Å². The Labute approximate surface area is 210 Å². The molecule has 0 radical (unpaired) electrons. The fourth-order valence-corrected chi connectivity index (χ4v) is 3.77. The molecule has 1 aliphatic rings. The van der Waals surface area contributed by atoms with Gasteiger partial charge in [-0.15, -0.1) is 0 Å². The summed E-state index contributed by atoms with van der Waals surface area (Å²) in [7, 11) is 5.21. The summed E-state index contributed by atoms with van der Waals surface area (Å²) in [6, 6.07) is 5.81. The Morgan fingerprint density at radius 3 is 2.53 bits per heavy atom. The van der Waals surface area contributed by atoms with E-state index in [1.54, 1.807) is 35.9 Å². The van der Waals surface area contributed by atoms with Gasteiger partial charge in [0.1, 0.15) is 29.3 Å². The van der Waals surface area contributed by atoms with Crippen LogP contribution in [0.5, 0.6) is 11.5 Å². The Balaban J connectivity index is 1.54. The van der Waals surface area contributed by atoms with Crippen molar-refractivity contribution < 1.29 is 14.3 Å². The average Bonchev–Trinajstić information content (AvgIpc) is 3.20. The van der Waals surface area contributed by atoms with Crippen LogP contribution in [0.3, 0.4) is 0 Å². The average molecular weight is 490 g/mol. The smallest absolute Gasteiger partial charge is 0.246 e. The van der Waals surface area contributed by atoms with Crippen molar-refractivity contribution in [2.75, 3.05) is 46.6 Å². The summed E-state index contributed by atoms with van der Waals surface area (Å²) in [5, 5.41) is 5.30. The van der Waals surface area contributed by atoms with Crippen molar-refractivity contribution in [3.8, 4) is 23.3 Å². The van der Waals surface area contributed by atoms with Gasteiger partial charge in [-0.25, -0.2) is 14.6 Å². The Kier molecular flexibility index (Phi) is 7.41. The monoisotopic (exact) mass is 489 g/mol. The second kappa shape index (κ2) is 10.7. The van der Waals surface area contributed by atoms with Crippen LogP contribution in [-0.4, -0.2) is 82.4 Å². The Bertz CT molecular complexity index is 1320. The first-order valence-electron chi connectivity index (χ1n) is 11.7. The van der Waals surface area contributed by atoms with E-state index in [0.717, 1.165) is 6.54 Å². The van der Waals surface area contributed by atoms with Crippen LogP contribution in [0.25, 0.3) is 11.0 Å². The van der Waals surface area contributed by atoms with Gasteiger partial charge >= 0.3 is 0 Å². The van der Waals surface area contributed by atoms with E-state index in [1.165, 1.54) is 6.33 Å². The molecule has 0 unspecified atom stereocenters. The number of ether oxygens (including phenoxy) is 2. The molecule has 10 nitrogen and oxygen atoms in total. The summed E-state index contributed by atoms with van der Waals surface area (Å²) in [6.45, 7) is 6.02. The highest BCUT2D eigenvalue weighted by atomic mass is 16.5. The number of likely N-dealkylation sites (tertiary alicyclic amines) is 1. The maximum absolute atomic E-state index is 12.5. The third-order valence-corrected chi connectivity index (χ3v) is 6.25. The molecular formula is C26H31N7O3. The van der Waals surface area contributed by atoms with Crippen LogP contribution in [0, 0.1) is 11.8 Å². The highest BCUT2D eigenvalue weighted by molar-refractivity contribution is 5.91. The zero-order valence-corrected chi connectivity index (χ0v) is 21.2. The molecule has 1 aromatic carbocycles. The van der Waals surface area contributed by atoms with E-state index in [4.69, 9.17) is 20.3 Å². The molecule has 1 fully saturated rings. The first-order chi connectivity index (χ1) is 17.3. The number of methoxy groups -OCH3 is 2. The molecule has 3 aromatic rings. The van der Waals surface area contributed by atoms with E-state index in [0.29, 0.717) is 58.7 Å². The lowest BCUT2D eigenvalue weighted by atomic mass is 10.1. The molecule has 0 bridgehead atoms. The Hall–Kier alpha value is -4.10. The quantitative estimate of drug-likeness (QED) is 0.397. The topological polar surface area (TPSA) is 112 Å². The molecule has 0 spiro atoms. The van der Waals surface area contributed by atoms with Crippen LogP contribution >= 0.6 is 0 Å². The van der Waals surface area contributed by atoms with Gasteiger partial charge in [0.05, 0.1) is 25.6 Å². The van der Waals surface area contributed by atoms with Gasteiger partial charge in [-0.2, -0.15) is 5.10 Å². The number of benzene rings is 1. The fourth-order valence-electron chi connectivity index (χ4n) is 3.77. The van der Waals surface area contributed by atoms with Crippen LogP contribution < -0.4 is 15.2 Å². The van der Waals surface area contributed by atoms with Crippen LogP contribution in [-0.2, 0) is 4.79 Å². The zero-order valence-electron chi connectivity index (χ0n) is 21.2. The standard InChI is InChI=1S/C26H31N7O3/c1-17(2)31(3)10-6-7-23(34)32-14-19(15-32)33-26-24(25(27)28-16-29-26)22(30-33)9-8-18-11-20(35-4)13-21(12-18)36-5/h6-7,11-13,16-17,19H,10,14-15H2,1-5H3,(H2,27,28,29). The number of rotatable bonds is 7. The number of anilines is 1. The molecule has 10 heteroatoms. The van der Waals surface area contributed by atoms with E-state index in [1.807, 2.05) is 25.3 Å². The second-order valence-electron chi connectivity index (χ2n) is 8.93. The first kappa shape index (κ1) is 25.0. The number of nitrogens with two attached hydrogens (primary N) is 1. The number of amides is 1. The molecule has 0 aliphatic carbocycles. The summed E-state index contributed by atoms with van der Waals surface area (Å²) in [5.74, 6) is 7.79. The lowest BCUT2D eigenvalue weighted by molar-refractivity contribution is -0.131. The molecule has 2 N–H and O–H groups in total. The number of likely N-dealkylation sites (N-methyl/N-ethyl adjacent to an activating group) is 1. The van der Waals surface area contributed by atoms with E-state index in [-0.39, 0.29) is 11.9 Å². The van der Waals surface area contributed by atoms with E-state index in [9.17, 15) is 4.79 Å². The normalized spacial score (nSPS) is 13.8. The number of hydrogen-bond donors (Lipinski definition) is 1. The van der Waals surface area contributed by atoms with Crippen molar-refractivity contribution in [2.24, 2.45) is 0 Å². The minimum Gasteiger partial charge on any atom is -0.497 e. The number of nitrogen functional groups attached to an aromatic ring is 1. The van der Waals surface area contributed by atoms with Gasteiger partial charge in [0, 0.05) is 43.4 Å². The fraction of sp³-hybridized carbons (Fsp3) is 0.385. The summed E-state index contributed by atoms with van der Waals surface area (Å²) in [5.41, 5.74) is 7.96. The zero-order chi connectivity index (χ0) is 25.8. The van der Waals surface area contributed by atoms with E-state index < -0.39 is 0 Å². The highest BCUT2D eigenvalue weighted by Crippen LogP contribution is 2.28. The van der Waals surface area contributed by atoms with Crippen LogP contribution in [0.15, 0.2) is 36.7 Å². The summed E-state index contributed by atoms with van der Waals surface area (Å²) in [4.78, 5) is 25.0. The lowest BCUT2D eigenvalue weighted by Crippen LogP contribution is -2.50. The minimum atomic E-state index is -0.0232. The third-order valence-electron chi connectivity index (χ3n) is 6.25. The molecule has 1 saturated heterocycles. The van der Waals surface area contributed by atoms with Crippen molar-refractivity contribution >= 4 is 22.8 Å². The lowest BCUT2D eigenvalue weighted by Gasteiger charge is -2.38. The van der Waals surface area contributed by atoms with Crippen molar-refractivity contribution in [3.63, 3.8) is 0 Å². The van der Waals surface area contributed by atoms with Crippen molar-refractivity contribution in [2.45, 2.75) is 25.9 Å². The van der Waals surface area contributed by atoms with Gasteiger partial charge in [0.15, 0.2) is 5.65 Å².